The maximum atomic E-state index is 5.13. The van der Waals surface area contributed by atoms with Gasteiger partial charge in [0.15, 0.2) is 0 Å². The summed E-state index contributed by atoms with van der Waals surface area (Å²) in [5, 5.41) is 0. The van der Waals surface area contributed by atoms with Crippen LogP contribution in [0.25, 0.3) is 0 Å². The van der Waals surface area contributed by atoms with Gasteiger partial charge in [-0.1, -0.05) is 39.3 Å². The van der Waals surface area contributed by atoms with Crippen molar-refractivity contribution in [3.05, 3.63) is 54.1 Å². The average Bonchev–Trinajstić information content (AvgIpc) is 2.39. The van der Waals surface area contributed by atoms with Crippen molar-refractivity contribution < 1.29 is 4.74 Å². The lowest BCUT2D eigenvalue weighted by Gasteiger charge is -2.03. The highest BCUT2D eigenvalue weighted by Gasteiger charge is 1.98. The lowest BCUT2D eigenvalue weighted by Crippen LogP contribution is -1.80. The molecule has 3 heteroatoms. The number of benzene rings is 2. The number of methoxy groups -OCH3 is 1. The Labute approximate surface area is 110 Å². The van der Waals surface area contributed by atoms with Crippen LogP contribution in [0, 0.1) is 6.92 Å². The third kappa shape index (κ3) is 3.72. The van der Waals surface area contributed by atoms with Gasteiger partial charge >= 0.3 is 0 Å². The second kappa shape index (κ2) is 6.03. The molecule has 2 aromatic carbocycles. The van der Waals surface area contributed by atoms with Gasteiger partial charge in [-0.25, -0.2) is 0 Å². The van der Waals surface area contributed by atoms with E-state index in [1.54, 1.807) is 28.7 Å². The topological polar surface area (TPSA) is 9.23 Å². The van der Waals surface area contributed by atoms with E-state index >= 15 is 0 Å². The minimum Gasteiger partial charge on any atom is -0.497 e. The van der Waals surface area contributed by atoms with Crippen LogP contribution in [0.1, 0.15) is 5.56 Å². The Morgan fingerprint density at radius 1 is 0.765 bits per heavy atom. The van der Waals surface area contributed by atoms with Crippen LogP contribution in [0.3, 0.4) is 0 Å². The van der Waals surface area contributed by atoms with E-state index in [1.165, 1.54) is 15.4 Å². The summed E-state index contributed by atoms with van der Waals surface area (Å²) in [7, 11) is 5.21. The standard InChI is InChI=1S/C14H14OS2/c1-11-3-7-13(8-4-11)16-17-14-9-5-12(15-2)6-10-14/h3-10H,1-2H3. The van der Waals surface area contributed by atoms with Crippen LogP contribution < -0.4 is 4.74 Å². The van der Waals surface area contributed by atoms with E-state index in [2.05, 4.69) is 43.3 Å². The first kappa shape index (κ1) is 12.4. The lowest BCUT2D eigenvalue weighted by atomic mass is 10.2. The summed E-state index contributed by atoms with van der Waals surface area (Å²) in [5.74, 6) is 0.898. The van der Waals surface area contributed by atoms with Gasteiger partial charge in [0.05, 0.1) is 7.11 Å². The quantitative estimate of drug-likeness (QED) is 0.732. The smallest absolute Gasteiger partial charge is 0.118 e. The Balaban J connectivity index is 1.95. The van der Waals surface area contributed by atoms with Gasteiger partial charge in [0.2, 0.25) is 0 Å². The van der Waals surface area contributed by atoms with Crippen molar-refractivity contribution in [2.75, 3.05) is 7.11 Å². The number of ether oxygens (including phenoxy) is 1. The van der Waals surface area contributed by atoms with Crippen molar-refractivity contribution in [1.82, 2.24) is 0 Å². The van der Waals surface area contributed by atoms with E-state index in [1.807, 2.05) is 12.1 Å². The normalized spacial score (nSPS) is 10.2. The zero-order valence-corrected chi connectivity index (χ0v) is 11.5. The van der Waals surface area contributed by atoms with Crippen LogP contribution >= 0.6 is 21.6 Å². The van der Waals surface area contributed by atoms with Gasteiger partial charge in [0.25, 0.3) is 0 Å². The Kier molecular flexibility index (Phi) is 4.40. The van der Waals surface area contributed by atoms with Crippen LogP contribution in [-0.2, 0) is 0 Å². The second-order valence-corrected chi connectivity index (χ2v) is 5.93. The molecule has 2 rings (SSSR count). The highest BCUT2D eigenvalue weighted by atomic mass is 33.1. The predicted octanol–water partition coefficient (Wildman–Crippen LogP) is 4.80. The first-order chi connectivity index (χ1) is 8.28. The van der Waals surface area contributed by atoms with Crippen molar-refractivity contribution in [1.29, 1.82) is 0 Å². The Hall–Kier alpha value is -1.06. The molecule has 2 aromatic rings. The molecule has 0 N–H and O–H groups in total. The Morgan fingerprint density at radius 2 is 1.24 bits per heavy atom. The summed E-state index contributed by atoms with van der Waals surface area (Å²) < 4.78 is 5.13. The molecule has 88 valence electrons. The molecule has 0 fully saturated rings. The van der Waals surface area contributed by atoms with Crippen molar-refractivity contribution in [3.8, 4) is 5.75 Å². The van der Waals surface area contributed by atoms with Gasteiger partial charge in [-0.15, -0.1) is 0 Å². The Morgan fingerprint density at radius 3 is 1.71 bits per heavy atom. The van der Waals surface area contributed by atoms with Gasteiger partial charge in [-0.2, -0.15) is 0 Å². The fourth-order valence-electron chi connectivity index (χ4n) is 1.32. The summed E-state index contributed by atoms with van der Waals surface area (Å²) in [6, 6.07) is 16.7. The van der Waals surface area contributed by atoms with Crippen LogP contribution in [0.5, 0.6) is 5.75 Å². The van der Waals surface area contributed by atoms with E-state index in [0.717, 1.165) is 5.75 Å². The molecule has 0 saturated heterocycles. The van der Waals surface area contributed by atoms with E-state index in [9.17, 15) is 0 Å². The van der Waals surface area contributed by atoms with Crippen molar-refractivity contribution in [2.45, 2.75) is 16.7 Å². The average molecular weight is 262 g/mol. The molecular weight excluding hydrogens is 248 g/mol. The van der Waals surface area contributed by atoms with E-state index < -0.39 is 0 Å². The molecule has 17 heavy (non-hydrogen) atoms. The molecule has 0 heterocycles. The molecule has 0 aliphatic heterocycles. The maximum absolute atomic E-state index is 5.13. The van der Waals surface area contributed by atoms with E-state index in [-0.39, 0.29) is 0 Å². The molecule has 0 aliphatic carbocycles. The van der Waals surface area contributed by atoms with Crippen molar-refractivity contribution >= 4 is 21.6 Å². The summed E-state index contributed by atoms with van der Waals surface area (Å²) in [5.41, 5.74) is 1.30. The van der Waals surface area contributed by atoms with Gasteiger partial charge in [-0.3, -0.25) is 0 Å². The molecule has 0 bridgehead atoms. The summed E-state index contributed by atoms with van der Waals surface area (Å²) in [4.78, 5) is 2.51. The number of hydrogen-bond donors (Lipinski definition) is 0. The summed E-state index contributed by atoms with van der Waals surface area (Å²) >= 11 is 0. The molecule has 0 aliphatic rings. The van der Waals surface area contributed by atoms with Gasteiger partial charge in [-0.05, 0) is 43.3 Å². The van der Waals surface area contributed by atoms with E-state index in [4.69, 9.17) is 4.74 Å². The van der Waals surface area contributed by atoms with Crippen molar-refractivity contribution in [2.24, 2.45) is 0 Å². The minimum atomic E-state index is 0.898. The largest absolute Gasteiger partial charge is 0.497 e. The molecule has 0 aromatic heterocycles. The predicted molar refractivity (Wildman–Crippen MR) is 75.9 cm³/mol. The maximum Gasteiger partial charge on any atom is 0.118 e. The third-order valence-corrected chi connectivity index (χ3v) is 4.73. The van der Waals surface area contributed by atoms with Gasteiger partial charge in [0, 0.05) is 9.79 Å². The molecule has 1 nitrogen and oxygen atoms in total. The molecule has 0 radical (unpaired) electrons. The molecule has 0 atom stereocenters. The summed E-state index contributed by atoms with van der Waals surface area (Å²) in [6.45, 7) is 2.10. The second-order valence-electron chi connectivity index (χ2n) is 3.66. The zero-order chi connectivity index (χ0) is 12.1. The monoisotopic (exact) mass is 262 g/mol. The summed E-state index contributed by atoms with van der Waals surface area (Å²) in [6.07, 6.45) is 0. The first-order valence-electron chi connectivity index (χ1n) is 5.33. The SMILES string of the molecule is COc1ccc(SSc2ccc(C)cc2)cc1. The number of aryl methyl sites for hydroxylation is 1. The number of hydrogen-bond acceptors (Lipinski definition) is 3. The molecule has 0 amide bonds. The lowest BCUT2D eigenvalue weighted by molar-refractivity contribution is 0.414. The minimum absolute atomic E-state index is 0.898. The molecule has 0 unspecified atom stereocenters. The first-order valence-corrected chi connectivity index (χ1v) is 7.48. The fraction of sp³-hybridized carbons (Fsp3) is 0.143. The third-order valence-electron chi connectivity index (χ3n) is 2.31. The number of rotatable bonds is 4. The highest BCUT2D eigenvalue weighted by molar-refractivity contribution is 8.76. The van der Waals surface area contributed by atoms with Crippen molar-refractivity contribution in [3.63, 3.8) is 0 Å². The van der Waals surface area contributed by atoms with Gasteiger partial charge in [0.1, 0.15) is 5.75 Å². The molecule has 0 spiro atoms. The molecule has 0 saturated carbocycles. The highest BCUT2D eigenvalue weighted by Crippen LogP contribution is 2.37. The van der Waals surface area contributed by atoms with Crippen LogP contribution in [-0.4, -0.2) is 7.11 Å². The molecular formula is C14H14OS2. The van der Waals surface area contributed by atoms with Gasteiger partial charge < -0.3 is 4.74 Å². The van der Waals surface area contributed by atoms with E-state index in [0.29, 0.717) is 0 Å². The van der Waals surface area contributed by atoms with Crippen LogP contribution in [0.15, 0.2) is 58.3 Å². The van der Waals surface area contributed by atoms with Crippen LogP contribution in [0.4, 0.5) is 0 Å². The Bertz CT molecular complexity index is 463. The van der Waals surface area contributed by atoms with Crippen LogP contribution in [0.2, 0.25) is 0 Å². The zero-order valence-electron chi connectivity index (χ0n) is 9.84. The fourth-order valence-corrected chi connectivity index (χ4v) is 3.25.